The van der Waals surface area contributed by atoms with Crippen LogP contribution < -0.4 is 0 Å². The zero-order chi connectivity index (χ0) is 17.5. The molecule has 0 radical (unpaired) electrons. The van der Waals surface area contributed by atoms with Crippen molar-refractivity contribution in [2.45, 2.75) is 31.5 Å². The summed E-state index contributed by atoms with van der Waals surface area (Å²) in [6, 6.07) is 18.9. The second kappa shape index (κ2) is 8.76. The highest BCUT2D eigenvalue weighted by atomic mass is 16.7. The van der Waals surface area contributed by atoms with Gasteiger partial charge < -0.3 is 18.9 Å². The Balaban J connectivity index is 1.49. The van der Waals surface area contributed by atoms with Crippen LogP contribution in [0.1, 0.15) is 22.3 Å². The molecule has 1 fully saturated rings. The fraction of sp³-hybridized carbons (Fsp3) is 0.350. The number of hydrogen-bond acceptors (Lipinski definition) is 5. The first-order valence-corrected chi connectivity index (χ1v) is 8.32. The number of ether oxygens (including phenoxy) is 4. The molecule has 2 aromatic rings. The molecule has 1 heterocycles. The molecular weight excluding hydrogens is 320 g/mol. The van der Waals surface area contributed by atoms with Gasteiger partial charge in [-0.05, 0) is 17.7 Å². The largest absolute Gasteiger partial charge is 0.453 e. The van der Waals surface area contributed by atoms with Crippen LogP contribution in [0.2, 0.25) is 0 Å². The molecule has 0 aromatic heterocycles. The van der Waals surface area contributed by atoms with Crippen molar-refractivity contribution in [2.24, 2.45) is 0 Å². The minimum Gasteiger partial charge on any atom is -0.453 e. The lowest BCUT2D eigenvalue weighted by molar-refractivity contribution is -0.158. The number of carbonyl (C=O) groups is 1. The Labute approximate surface area is 147 Å². The van der Waals surface area contributed by atoms with Crippen molar-refractivity contribution in [1.82, 2.24) is 0 Å². The van der Waals surface area contributed by atoms with E-state index < -0.39 is 12.4 Å². The molecule has 0 aliphatic carbocycles. The molecular formula is C20H22O5. The van der Waals surface area contributed by atoms with Crippen LogP contribution in [-0.4, -0.2) is 38.2 Å². The predicted molar refractivity (Wildman–Crippen MR) is 92.0 cm³/mol. The molecule has 132 valence electrons. The second-order valence-electron chi connectivity index (χ2n) is 5.91. The van der Waals surface area contributed by atoms with Crippen LogP contribution in [0, 0.1) is 0 Å². The van der Waals surface area contributed by atoms with Gasteiger partial charge in [-0.15, -0.1) is 0 Å². The van der Waals surface area contributed by atoms with Gasteiger partial charge in [-0.2, -0.15) is 0 Å². The van der Waals surface area contributed by atoms with Gasteiger partial charge in [-0.25, -0.2) is 4.79 Å². The van der Waals surface area contributed by atoms with Crippen molar-refractivity contribution in [3.8, 4) is 0 Å². The predicted octanol–water partition coefficient (Wildman–Crippen LogP) is 3.19. The van der Waals surface area contributed by atoms with Crippen molar-refractivity contribution in [3.63, 3.8) is 0 Å². The molecule has 25 heavy (non-hydrogen) atoms. The Morgan fingerprint density at radius 1 is 1.08 bits per heavy atom. The van der Waals surface area contributed by atoms with Gasteiger partial charge in [-0.3, -0.25) is 0 Å². The van der Waals surface area contributed by atoms with Gasteiger partial charge >= 0.3 is 5.97 Å². The third-order valence-electron chi connectivity index (χ3n) is 4.04. The molecule has 0 saturated carbocycles. The maximum atomic E-state index is 12.2. The molecule has 1 saturated heterocycles. The summed E-state index contributed by atoms with van der Waals surface area (Å²) < 4.78 is 22.3. The van der Waals surface area contributed by atoms with E-state index in [2.05, 4.69) is 0 Å². The summed E-state index contributed by atoms with van der Waals surface area (Å²) in [4.78, 5) is 12.2. The van der Waals surface area contributed by atoms with Crippen LogP contribution in [0.4, 0.5) is 0 Å². The Kier molecular flexibility index (Phi) is 6.17. The fourth-order valence-corrected chi connectivity index (χ4v) is 2.78. The summed E-state index contributed by atoms with van der Waals surface area (Å²) >= 11 is 0. The topological polar surface area (TPSA) is 54.0 Å². The summed E-state index contributed by atoms with van der Waals surface area (Å²) in [5, 5.41) is 0. The average molecular weight is 342 g/mol. The van der Waals surface area contributed by atoms with E-state index in [1.165, 1.54) is 0 Å². The minimum atomic E-state index is -0.571. The standard InChI is InChI=1S/C20H22O5/c1-22-20-18(25-19(21)16-10-6-3-7-11-16)12-17(24-20)14-23-13-15-8-4-2-5-9-15/h2-11,17-18,20H,12-14H2,1H3/t17-,18-,20-/m0/s1. The minimum absolute atomic E-state index is 0.165. The fourth-order valence-electron chi connectivity index (χ4n) is 2.78. The van der Waals surface area contributed by atoms with Crippen molar-refractivity contribution in [2.75, 3.05) is 13.7 Å². The molecule has 0 amide bonds. The third kappa shape index (κ3) is 4.89. The summed E-state index contributed by atoms with van der Waals surface area (Å²) in [5.41, 5.74) is 1.62. The Morgan fingerprint density at radius 3 is 2.44 bits per heavy atom. The van der Waals surface area contributed by atoms with E-state index >= 15 is 0 Å². The monoisotopic (exact) mass is 342 g/mol. The molecule has 3 atom stereocenters. The Hall–Kier alpha value is -2.21. The summed E-state index contributed by atoms with van der Waals surface area (Å²) in [5.74, 6) is -0.373. The highest BCUT2D eigenvalue weighted by molar-refractivity contribution is 5.89. The van der Waals surface area contributed by atoms with Crippen molar-refractivity contribution in [3.05, 3.63) is 71.8 Å². The lowest BCUT2D eigenvalue weighted by Crippen LogP contribution is -2.28. The molecule has 0 bridgehead atoms. The maximum absolute atomic E-state index is 12.2. The van der Waals surface area contributed by atoms with Crippen molar-refractivity contribution < 1.29 is 23.7 Å². The lowest BCUT2D eigenvalue weighted by Gasteiger charge is -2.17. The molecule has 0 spiro atoms. The number of carbonyl (C=O) groups excluding carboxylic acids is 1. The van der Waals surface area contributed by atoms with Gasteiger partial charge in [0.15, 0.2) is 12.4 Å². The quantitative estimate of drug-likeness (QED) is 0.723. The molecule has 5 nitrogen and oxygen atoms in total. The van der Waals surface area contributed by atoms with Crippen LogP contribution in [-0.2, 0) is 25.6 Å². The van der Waals surface area contributed by atoms with Gasteiger partial charge in [0.05, 0.1) is 24.9 Å². The van der Waals surface area contributed by atoms with Crippen molar-refractivity contribution in [1.29, 1.82) is 0 Å². The molecule has 0 N–H and O–H groups in total. The van der Waals surface area contributed by atoms with Crippen LogP contribution in [0.25, 0.3) is 0 Å². The number of methoxy groups -OCH3 is 1. The average Bonchev–Trinajstić information content (AvgIpc) is 3.05. The Bertz CT molecular complexity index is 658. The highest BCUT2D eigenvalue weighted by Gasteiger charge is 2.38. The Morgan fingerprint density at radius 2 is 1.76 bits per heavy atom. The van der Waals surface area contributed by atoms with Gasteiger partial charge in [-0.1, -0.05) is 48.5 Å². The number of rotatable bonds is 7. The van der Waals surface area contributed by atoms with Crippen LogP contribution in [0.3, 0.4) is 0 Å². The van der Waals surface area contributed by atoms with Gasteiger partial charge in [0.25, 0.3) is 0 Å². The van der Waals surface area contributed by atoms with E-state index in [-0.39, 0.29) is 12.1 Å². The van der Waals surface area contributed by atoms with E-state index in [0.717, 1.165) is 5.56 Å². The molecule has 2 aromatic carbocycles. The van der Waals surface area contributed by atoms with Gasteiger partial charge in [0.2, 0.25) is 0 Å². The van der Waals surface area contributed by atoms with E-state index in [9.17, 15) is 4.79 Å². The molecule has 1 aliphatic heterocycles. The summed E-state index contributed by atoms with van der Waals surface area (Å²) in [6.07, 6.45) is -0.630. The number of hydrogen-bond donors (Lipinski definition) is 0. The first-order chi connectivity index (χ1) is 12.3. The zero-order valence-corrected chi connectivity index (χ0v) is 14.2. The van der Waals surface area contributed by atoms with Crippen LogP contribution in [0.5, 0.6) is 0 Å². The van der Waals surface area contributed by atoms with E-state index in [4.69, 9.17) is 18.9 Å². The first kappa shape index (κ1) is 17.6. The first-order valence-electron chi connectivity index (χ1n) is 8.32. The smallest absolute Gasteiger partial charge is 0.338 e. The SMILES string of the molecule is CO[C@H]1O[C@H](COCc2ccccc2)C[C@@H]1OC(=O)c1ccccc1. The van der Waals surface area contributed by atoms with E-state index in [0.29, 0.717) is 25.2 Å². The molecule has 3 rings (SSSR count). The normalized spacial score (nSPS) is 22.7. The molecule has 0 unspecified atom stereocenters. The molecule has 1 aliphatic rings. The second-order valence-corrected chi connectivity index (χ2v) is 5.91. The van der Waals surface area contributed by atoms with Crippen molar-refractivity contribution >= 4 is 5.97 Å². The van der Waals surface area contributed by atoms with Crippen LogP contribution in [0.15, 0.2) is 60.7 Å². The van der Waals surface area contributed by atoms with Gasteiger partial charge in [0, 0.05) is 13.5 Å². The molecule has 5 heteroatoms. The highest BCUT2D eigenvalue weighted by Crippen LogP contribution is 2.25. The summed E-state index contributed by atoms with van der Waals surface area (Å²) in [6.45, 7) is 0.945. The number of benzene rings is 2. The number of esters is 1. The van der Waals surface area contributed by atoms with E-state index in [1.54, 1.807) is 31.4 Å². The maximum Gasteiger partial charge on any atom is 0.338 e. The summed E-state index contributed by atoms with van der Waals surface area (Å²) in [7, 11) is 1.54. The van der Waals surface area contributed by atoms with Gasteiger partial charge in [0.1, 0.15) is 0 Å². The third-order valence-corrected chi connectivity index (χ3v) is 4.04. The van der Waals surface area contributed by atoms with Crippen LogP contribution >= 0.6 is 0 Å². The van der Waals surface area contributed by atoms with E-state index in [1.807, 2.05) is 36.4 Å². The lowest BCUT2D eigenvalue weighted by atomic mass is 10.2. The zero-order valence-electron chi connectivity index (χ0n) is 14.2.